The summed E-state index contributed by atoms with van der Waals surface area (Å²) in [6, 6.07) is 6.54. The average Bonchev–Trinajstić information content (AvgIpc) is 3.66. The summed E-state index contributed by atoms with van der Waals surface area (Å²) in [5.41, 5.74) is 6.62. The fraction of sp³-hybridized carbons (Fsp3) is 0.611. The van der Waals surface area contributed by atoms with Gasteiger partial charge in [0.15, 0.2) is 5.60 Å². The molecule has 0 aliphatic carbocycles. The van der Waals surface area contributed by atoms with Gasteiger partial charge in [0.25, 0.3) is 0 Å². The maximum absolute atomic E-state index is 14.2. The largest absolute Gasteiger partial charge is 0.458 e. The Bertz CT molecular complexity index is 1620. The number of hydrogen-bond donors (Lipinski definition) is 1. The maximum atomic E-state index is 14.2. The number of anilines is 1. The third kappa shape index (κ3) is 7.54. The number of aromatic nitrogens is 3. The first kappa shape index (κ1) is 37.6. The summed E-state index contributed by atoms with van der Waals surface area (Å²) in [4.78, 5) is 56.5. The van der Waals surface area contributed by atoms with Crippen molar-refractivity contribution < 1.29 is 33.4 Å². The molecular weight excluding hydrogens is 625 g/mol. The van der Waals surface area contributed by atoms with Crippen molar-refractivity contribution in [3.8, 4) is 23.1 Å². The van der Waals surface area contributed by atoms with Crippen LogP contribution in [0, 0.1) is 35.5 Å². The Labute approximate surface area is 290 Å². The van der Waals surface area contributed by atoms with Gasteiger partial charge >= 0.3 is 12.1 Å². The van der Waals surface area contributed by atoms with Crippen LogP contribution in [0.15, 0.2) is 30.5 Å². The molecule has 49 heavy (non-hydrogen) atoms. The molecule has 0 spiro atoms. The van der Waals surface area contributed by atoms with Crippen LogP contribution < -0.4 is 5.73 Å². The number of esters is 1. The van der Waals surface area contributed by atoms with Gasteiger partial charge in [0.1, 0.15) is 43.7 Å². The van der Waals surface area contributed by atoms with Crippen molar-refractivity contribution in [2.45, 2.75) is 103 Å². The van der Waals surface area contributed by atoms with E-state index in [0.29, 0.717) is 30.6 Å². The lowest BCUT2D eigenvalue weighted by molar-refractivity contribution is -0.171. The van der Waals surface area contributed by atoms with Crippen LogP contribution in [0.3, 0.4) is 0 Å². The Kier molecular flexibility index (Phi) is 11.6. The van der Waals surface area contributed by atoms with Gasteiger partial charge in [-0.25, -0.2) is 9.48 Å². The topological polar surface area (TPSA) is 156 Å². The second-order valence-electron chi connectivity index (χ2n) is 14.1. The quantitative estimate of drug-likeness (QED) is 0.157. The zero-order valence-electron chi connectivity index (χ0n) is 30.2. The van der Waals surface area contributed by atoms with Crippen LogP contribution in [-0.4, -0.2) is 88.9 Å². The van der Waals surface area contributed by atoms with Gasteiger partial charge in [0.2, 0.25) is 0 Å². The summed E-state index contributed by atoms with van der Waals surface area (Å²) >= 11 is 0. The number of methoxy groups -OCH3 is 1. The number of nitrogens with two attached hydrogens (primary N) is 1. The minimum absolute atomic E-state index is 0.0257. The first-order valence-corrected chi connectivity index (χ1v) is 17.1. The zero-order chi connectivity index (χ0) is 36.3. The molecule has 2 aliphatic heterocycles. The number of Topliss-reactive ketones (excluding diaryl/α,β-unsaturated/α-hetero) is 2. The number of carbonyl (C=O) groups excluding carboxylic acids is 4. The van der Waals surface area contributed by atoms with Crippen molar-refractivity contribution in [1.82, 2.24) is 19.9 Å². The molecule has 4 rings (SSSR count). The summed E-state index contributed by atoms with van der Waals surface area (Å²) in [7, 11) is 3.57. The zero-order valence-corrected chi connectivity index (χ0v) is 30.2. The molecule has 9 atom stereocenters. The first-order valence-electron chi connectivity index (χ1n) is 17.1. The van der Waals surface area contributed by atoms with Crippen molar-refractivity contribution in [3.63, 3.8) is 0 Å². The standard InChI is InChI=1S/C36H50BN5O7/c1-9-29-35(7)32(42(34(46)49-35)18-11-10-17-41-20-28(39-40-41)26-13-12-14-27(38)19-26)22(3)30(43)21(2)15-16-36(37,25(6)47-8)24(5)31(44)23(4)33(45)48-29/h12-14,19-25,29,32H,9,15-18,37-38H2,1-8H3/t21-,22+,23-,24+,25?,29-,32-,35-,36+/m1/s1. The Morgan fingerprint density at radius 3 is 2.47 bits per heavy atom. The van der Waals surface area contributed by atoms with Gasteiger partial charge in [-0.2, -0.15) is 0 Å². The molecule has 2 aromatic rings. The fourth-order valence-corrected chi connectivity index (χ4v) is 7.38. The number of fused-ring (bicyclic) bond motifs is 1. The Morgan fingerprint density at radius 2 is 1.82 bits per heavy atom. The van der Waals surface area contributed by atoms with E-state index in [4.69, 9.17) is 19.9 Å². The van der Waals surface area contributed by atoms with Crippen LogP contribution in [0.5, 0.6) is 0 Å². The Morgan fingerprint density at radius 1 is 1.12 bits per heavy atom. The third-order valence-electron chi connectivity index (χ3n) is 11.1. The number of nitrogens with zero attached hydrogens (tertiary/aromatic N) is 4. The van der Waals surface area contributed by atoms with E-state index in [1.54, 1.807) is 44.8 Å². The van der Waals surface area contributed by atoms with Crippen LogP contribution in [0.4, 0.5) is 10.5 Å². The van der Waals surface area contributed by atoms with Crippen molar-refractivity contribution in [1.29, 1.82) is 0 Å². The van der Waals surface area contributed by atoms with Crippen LogP contribution in [0.2, 0.25) is 5.31 Å². The van der Waals surface area contributed by atoms with Crippen molar-refractivity contribution in [2.24, 2.45) is 23.7 Å². The molecule has 0 bridgehead atoms. The van der Waals surface area contributed by atoms with E-state index in [9.17, 15) is 19.2 Å². The van der Waals surface area contributed by atoms with Crippen LogP contribution in [0.1, 0.15) is 67.7 Å². The molecule has 2 aliphatic rings. The molecule has 0 radical (unpaired) electrons. The second-order valence-corrected chi connectivity index (χ2v) is 14.1. The number of nitrogen functional groups attached to an aromatic ring is 1. The molecule has 2 saturated heterocycles. The summed E-state index contributed by atoms with van der Waals surface area (Å²) in [5.74, 6) is 2.41. The lowest BCUT2D eigenvalue weighted by Gasteiger charge is -2.43. The summed E-state index contributed by atoms with van der Waals surface area (Å²) < 4.78 is 19.3. The van der Waals surface area contributed by atoms with Gasteiger partial charge < -0.3 is 19.9 Å². The normalized spacial score (nSPS) is 32.0. The molecule has 13 heteroatoms. The number of cyclic esters (lactones) is 1. The van der Waals surface area contributed by atoms with Crippen molar-refractivity contribution >= 4 is 37.2 Å². The first-order chi connectivity index (χ1) is 23.1. The lowest BCUT2D eigenvalue weighted by Crippen LogP contribution is -2.57. The Balaban J connectivity index is 1.64. The highest BCUT2D eigenvalue weighted by atomic mass is 16.6. The van der Waals surface area contributed by atoms with Gasteiger partial charge in [0.05, 0.1) is 24.9 Å². The summed E-state index contributed by atoms with van der Waals surface area (Å²) in [6.07, 6.45) is 1.17. The van der Waals surface area contributed by atoms with Crippen LogP contribution in [-0.2, 0) is 35.1 Å². The second kappa shape index (κ2) is 15.2. The Hall–Kier alpha value is -4.18. The number of benzene rings is 1. The highest BCUT2D eigenvalue weighted by molar-refractivity contribution is 6.18. The summed E-state index contributed by atoms with van der Waals surface area (Å²) in [6.45, 7) is 12.7. The van der Waals surface area contributed by atoms with Gasteiger partial charge in [-0.05, 0) is 51.1 Å². The van der Waals surface area contributed by atoms with E-state index < -0.39 is 58.8 Å². The number of ether oxygens (including phenoxy) is 3. The third-order valence-corrected chi connectivity index (χ3v) is 11.1. The predicted molar refractivity (Wildman–Crippen MR) is 187 cm³/mol. The lowest BCUT2D eigenvalue weighted by atomic mass is 9.53. The molecule has 1 unspecified atom stereocenters. The molecular formula is C36H50BN5O7. The molecule has 1 amide bonds. The van der Waals surface area contributed by atoms with E-state index in [0.717, 1.165) is 5.56 Å². The maximum Gasteiger partial charge on any atom is 0.411 e. The van der Waals surface area contributed by atoms with Gasteiger partial charge in [-0.3, -0.25) is 19.3 Å². The summed E-state index contributed by atoms with van der Waals surface area (Å²) in [5, 5.41) is 7.71. The number of ketones is 2. The van der Waals surface area contributed by atoms with Crippen molar-refractivity contribution in [3.05, 3.63) is 30.5 Å². The van der Waals surface area contributed by atoms with E-state index in [1.807, 2.05) is 53.7 Å². The van der Waals surface area contributed by atoms with Gasteiger partial charge in [0, 0.05) is 36.1 Å². The van der Waals surface area contributed by atoms with E-state index >= 15 is 0 Å². The number of amides is 1. The predicted octanol–water partition coefficient (Wildman–Crippen LogP) is 3.74. The van der Waals surface area contributed by atoms with Crippen LogP contribution >= 0.6 is 0 Å². The molecule has 2 fully saturated rings. The number of hydrogen-bond acceptors (Lipinski definition) is 10. The minimum atomic E-state index is -1.38. The fourth-order valence-electron chi connectivity index (χ4n) is 7.38. The average molecular weight is 676 g/mol. The highest BCUT2D eigenvalue weighted by Crippen LogP contribution is 2.46. The van der Waals surface area contributed by atoms with Gasteiger partial charge in [-0.1, -0.05) is 63.3 Å². The molecule has 0 saturated carbocycles. The monoisotopic (exact) mass is 675 g/mol. The van der Waals surface area contributed by atoms with E-state index in [2.05, 4.69) is 22.2 Å². The molecule has 12 nitrogen and oxygen atoms in total. The molecule has 1 aromatic heterocycles. The highest BCUT2D eigenvalue weighted by Gasteiger charge is 2.59. The van der Waals surface area contributed by atoms with Crippen LogP contribution in [0.25, 0.3) is 11.3 Å². The molecule has 1 aromatic carbocycles. The molecule has 2 N–H and O–H groups in total. The molecule has 264 valence electrons. The van der Waals surface area contributed by atoms with E-state index in [-0.39, 0.29) is 30.8 Å². The molecule has 3 heterocycles. The van der Waals surface area contributed by atoms with E-state index in [1.165, 1.54) is 4.90 Å². The van der Waals surface area contributed by atoms with Gasteiger partial charge in [-0.15, -0.1) is 5.10 Å². The smallest absolute Gasteiger partial charge is 0.411 e. The number of carbonyl (C=O) groups is 4. The number of rotatable bonds is 6. The van der Waals surface area contributed by atoms with Crippen molar-refractivity contribution in [2.75, 3.05) is 19.4 Å². The minimum Gasteiger partial charge on any atom is -0.458 e. The SMILES string of the molecule is B[C@@]1(C(C)OC)CC[C@@H](C)C(=O)[C@H](C)[C@H]2N(CC#CCn3cc(-c4cccc(N)c4)nn3)C(=O)O[C@]2(C)[C@@H](CC)OC(=O)[C@H](C)C(=O)[C@@H]1C.